The summed E-state index contributed by atoms with van der Waals surface area (Å²) in [5.74, 6) is 0.425. The van der Waals surface area contributed by atoms with Gasteiger partial charge in [-0.1, -0.05) is 54.0 Å². The van der Waals surface area contributed by atoms with Crippen LogP contribution in [0.3, 0.4) is 0 Å². The molecule has 3 aromatic heterocycles. The van der Waals surface area contributed by atoms with Crippen LogP contribution < -0.4 is 14.5 Å². The van der Waals surface area contributed by atoms with Crippen molar-refractivity contribution in [3.63, 3.8) is 0 Å². The van der Waals surface area contributed by atoms with Crippen LogP contribution in [0.25, 0.3) is 49.7 Å². The smallest absolute Gasteiger partial charge is 0.147 e. The van der Waals surface area contributed by atoms with E-state index in [0.717, 1.165) is 67.1 Å². The molecule has 0 fully saturated rings. The van der Waals surface area contributed by atoms with E-state index < -0.39 is 11.6 Å². The van der Waals surface area contributed by atoms with Gasteiger partial charge in [-0.05, 0) is 71.6 Å². The molecule has 1 aliphatic heterocycles. The number of ether oxygens (including phenoxy) is 1. The molecule has 0 saturated carbocycles. The Morgan fingerprint density at radius 3 is 2.26 bits per heavy atom. The van der Waals surface area contributed by atoms with Gasteiger partial charge in [0.15, 0.2) is 0 Å². The zero-order chi connectivity index (χ0) is 35.5. The molecule has 0 N–H and O–H groups in total. The van der Waals surface area contributed by atoms with Crippen LogP contribution in [0, 0.1) is 30.4 Å². The first-order valence-electron chi connectivity index (χ1n) is 17.0. The monoisotopic (exact) mass is 885 g/mol. The molecule has 0 radical (unpaired) electrons. The third-order valence-electron chi connectivity index (χ3n) is 9.48. The van der Waals surface area contributed by atoms with Crippen molar-refractivity contribution in [1.29, 1.82) is 0 Å². The molecule has 1 aliphatic rings. The number of hydrogen-bond donors (Lipinski definition) is 0. The molecule has 6 aromatic carbocycles. The fourth-order valence-corrected chi connectivity index (χ4v) is 7.08. The number of pyridine rings is 2. The van der Waals surface area contributed by atoms with Crippen molar-refractivity contribution in [2.75, 3.05) is 9.80 Å². The van der Waals surface area contributed by atoms with Gasteiger partial charge >= 0.3 is 0 Å². The van der Waals surface area contributed by atoms with E-state index in [-0.39, 0.29) is 26.8 Å². The predicted molar refractivity (Wildman–Crippen MR) is 205 cm³/mol. The van der Waals surface area contributed by atoms with Crippen molar-refractivity contribution in [3.8, 4) is 28.4 Å². The van der Waals surface area contributed by atoms with Crippen molar-refractivity contribution < 1.29 is 34.6 Å². The summed E-state index contributed by atoms with van der Waals surface area (Å²) in [7, 11) is 0. The first-order valence-corrected chi connectivity index (χ1v) is 17.0. The number of fused-ring (bicyclic) bond motifs is 5. The third-order valence-corrected chi connectivity index (χ3v) is 9.48. The second-order valence-corrected chi connectivity index (χ2v) is 12.7. The summed E-state index contributed by atoms with van der Waals surface area (Å²) in [6, 6.07) is 50.3. The van der Waals surface area contributed by atoms with Crippen LogP contribution in [0.4, 0.5) is 31.5 Å². The van der Waals surface area contributed by atoms with E-state index in [1.165, 1.54) is 12.1 Å². The van der Waals surface area contributed by atoms with Gasteiger partial charge in [-0.2, -0.15) is 6.07 Å². The van der Waals surface area contributed by atoms with E-state index >= 15 is 4.39 Å². The van der Waals surface area contributed by atoms with Crippen LogP contribution in [-0.4, -0.2) is 14.5 Å². The molecule has 0 atom stereocenters. The second kappa shape index (κ2) is 13.6. The molecule has 6 nitrogen and oxygen atoms in total. The van der Waals surface area contributed by atoms with Gasteiger partial charge in [0.05, 0.1) is 5.52 Å². The standard InChI is InChI=1S/C45H26F2N5O.Pt/c46-32-15-19-41(38(47)25-32)51-28-50(42-11-3-4-12-43(42)51)33-23-31(29-14-18-39-30(22-29)8-7-21-48-39)24-35(26-33)53-34-16-17-37-36-9-1-2-10-40(36)52(44(37)27-34)45-13-5-6-20-49-45;/h1-25,28H;/q-3;. The van der Waals surface area contributed by atoms with E-state index in [1.54, 1.807) is 24.0 Å². The fourth-order valence-electron chi connectivity index (χ4n) is 7.08. The number of hydrogen-bond acceptors (Lipinski definition) is 5. The average molecular weight is 886 g/mol. The Balaban J connectivity index is 0.00000384. The summed E-state index contributed by atoms with van der Waals surface area (Å²) >= 11 is 0. The van der Waals surface area contributed by atoms with E-state index in [0.29, 0.717) is 17.2 Å². The van der Waals surface area contributed by atoms with Gasteiger partial charge in [0.2, 0.25) is 0 Å². The van der Waals surface area contributed by atoms with E-state index in [2.05, 4.69) is 44.9 Å². The summed E-state index contributed by atoms with van der Waals surface area (Å²) < 4.78 is 37.9. The SMILES string of the molecule is Fc1ccc(N2[CH-]N(c3[c-]c(Oc4[c-]c5c(cc4)c4ccccc4n5-c4ccccn4)cc(-c4ccc5ncccc5c4)c3)c3ccccc32)c(F)c1.[Pt]. The van der Waals surface area contributed by atoms with Gasteiger partial charge in [-0.3, -0.25) is 4.98 Å². The van der Waals surface area contributed by atoms with Gasteiger partial charge < -0.3 is 19.1 Å². The molecule has 0 unspecified atom stereocenters. The molecular weight excluding hydrogens is 860 g/mol. The largest absolute Gasteiger partial charge is 0.509 e. The van der Waals surface area contributed by atoms with Crippen LogP contribution in [0.15, 0.2) is 152 Å². The maximum atomic E-state index is 15.2. The fraction of sp³-hybridized carbons (Fsp3) is 0. The molecule has 4 heterocycles. The number of rotatable bonds is 6. The maximum Gasteiger partial charge on any atom is 0.147 e. The molecular formula is C45H26F2N5OPt-3. The molecule has 0 amide bonds. The Morgan fingerprint density at radius 2 is 1.41 bits per heavy atom. The second-order valence-electron chi connectivity index (χ2n) is 12.7. The van der Waals surface area contributed by atoms with E-state index in [4.69, 9.17) is 4.74 Å². The van der Waals surface area contributed by atoms with E-state index in [1.807, 2.05) is 108 Å². The molecule has 264 valence electrons. The number of anilines is 4. The average Bonchev–Trinajstić information content (AvgIpc) is 3.74. The Kier molecular flexibility index (Phi) is 8.40. The number of para-hydroxylation sites is 3. The Morgan fingerprint density at radius 1 is 0.593 bits per heavy atom. The normalized spacial score (nSPS) is 12.3. The molecule has 0 spiro atoms. The number of nitrogens with zero attached hydrogens (tertiary/aromatic N) is 5. The molecule has 54 heavy (non-hydrogen) atoms. The van der Waals surface area contributed by atoms with Crippen LogP contribution >= 0.6 is 0 Å². The number of halogens is 2. The van der Waals surface area contributed by atoms with Crippen molar-refractivity contribution >= 4 is 55.5 Å². The van der Waals surface area contributed by atoms with Gasteiger partial charge in [0.1, 0.15) is 17.5 Å². The number of aromatic nitrogens is 3. The maximum absolute atomic E-state index is 15.2. The Hall–Kier alpha value is -6.37. The van der Waals surface area contributed by atoms with Crippen LogP contribution in [0.1, 0.15) is 0 Å². The van der Waals surface area contributed by atoms with Crippen molar-refractivity contribution in [2.24, 2.45) is 0 Å². The summed E-state index contributed by atoms with van der Waals surface area (Å²) in [6.45, 7) is 1.79. The molecule has 9 aromatic rings. The van der Waals surface area contributed by atoms with Gasteiger partial charge in [-0.15, -0.1) is 53.6 Å². The first kappa shape index (κ1) is 33.5. The van der Waals surface area contributed by atoms with Crippen molar-refractivity contribution in [3.05, 3.63) is 182 Å². The topological polar surface area (TPSA) is 46.4 Å². The number of benzene rings is 6. The molecule has 9 heteroatoms. The minimum Gasteiger partial charge on any atom is -0.509 e. The summed E-state index contributed by atoms with van der Waals surface area (Å²) in [5.41, 5.74) is 6.98. The quantitative estimate of drug-likeness (QED) is 0.156. The molecule has 0 aliphatic carbocycles. The third kappa shape index (κ3) is 5.76. The van der Waals surface area contributed by atoms with Crippen molar-refractivity contribution in [1.82, 2.24) is 14.5 Å². The van der Waals surface area contributed by atoms with E-state index in [9.17, 15) is 4.39 Å². The van der Waals surface area contributed by atoms with Crippen LogP contribution in [0.2, 0.25) is 0 Å². The summed E-state index contributed by atoms with van der Waals surface area (Å²) in [5, 5.41) is 3.11. The van der Waals surface area contributed by atoms with Crippen LogP contribution in [-0.2, 0) is 21.1 Å². The molecule has 0 bridgehead atoms. The zero-order valence-corrected chi connectivity index (χ0v) is 30.5. The van der Waals surface area contributed by atoms with Crippen LogP contribution in [0.5, 0.6) is 11.5 Å². The summed E-state index contributed by atoms with van der Waals surface area (Å²) in [6.07, 6.45) is 3.56. The molecule has 10 rings (SSSR count). The Labute approximate surface area is 323 Å². The zero-order valence-electron chi connectivity index (χ0n) is 28.2. The van der Waals surface area contributed by atoms with Crippen molar-refractivity contribution in [2.45, 2.75) is 0 Å². The first-order chi connectivity index (χ1) is 26.1. The predicted octanol–water partition coefficient (Wildman–Crippen LogP) is 11.5. The van der Waals surface area contributed by atoms with Gasteiger partial charge in [-0.25, -0.2) is 13.8 Å². The molecule has 0 saturated heterocycles. The Bertz CT molecular complexity index is 2860. The summed E-state index contributed by atoms with van der Waals surface area (Å²) in [4.78, 5) is 12.8. The minimum atomic E-state index is -0.668. The van der Waals surface area contributed by atoms with Gasteiger partial charge in [0, 0.05) is 79.0 Å². The van der Waals surface area contributed by atoms with Gasteiger partial charge in [0.25, 0.3) is 0 Å². The minimum absolute atomic E-state index is 0.